The molecule has 3 aromatic rings. The van der Waals surface area contributed by atoms with E-state index in [1.165, 1.54) is 31.4 Å². The number of amides is 1. The summed E-state index contributed by atoms with van der Waals surface area (Å²) in [5.41, 5.74) is 1.58. The Hall–Kier alpha value is -4.39. The number of thiol groups is 1. The Morgan fingerprint density at radius 1 is 0.851 bits per heavy atom. The minimum atomic E-state index is -1.20. The monoisotopic (exact) mass is 707 g/mol. The molecular formula is C33H35Cl2NO10S. The average Bonchev–Trinajstić information content (AvgIpc) is 3.05. The lowest BCUT2D eigenvalue weighted by Gasteiger charge is -2.27. The number of halogens is 2. The average molecular weight is 709 g/mol. The molecule has 0 saturated heterocycles. The standard InChI is InChI=1S/C14H15Cl2NO3.C11H12O3S.C8H8O4/c15-8-5-6-12(11(16)7-8)17-13(18)9-3-1-2-4-10(9)14(19)20;1-7(10(15)11(12)13)8-5-3-4-6-9(8)14-2;1-12-6-4-2-3-5(9)7(6)8(10)11/h5-7,9-10H,1-4H2,(H,17,18)(H,19,20);3-6,15H,1-2H3,(H,12,13);2-4,9H,1H3,(H,10,11)/b;10-7-;/t9-,10+;;/m1../s1. The van der Waals surface area contributed by atoms with Crippen molar-refractivity contribution in [1.82, 2.24) is 0 Å². The number of aromatic carboxylic acids is 1. The molecule has 1 fully saturated rings. The molecule has 0 aliphatic heterocycles. The number of carboxylic acid groups (broad SMARTS) is 3. The molecule has 0 bridgehead atoms. The molecule has 3 aromatic carbocycles. The van der Waals surface area contributed by atoms with Crippen molar-refractivity contribution in [3.63, 3.8) is 0 Å². The van der Waals surface area contributed by atoms with Crippen LogP contribution in [0.25, 0.3) is 5.57 Å². The number of allylic oxidation sites excluding steroid dienone is 1. The Balaban J connectivity index is 0.000000254. The van der Waals surface area contributed by atoms with Crippen LogP contribution < -0.4 is 14.8 Å². The van der Waals surface area contributed by atoms with Crippen molar-refractivity contribution in [2.24, 2.45) is 11.8 Å². The number of nitrogens with one attached hydrogen (secondary N) is 1. The van der Waals surface area contributed by atoms with Crippen molar-refractivity contribution in [3.05, 3.63) is 86.7 Å². The zero-order valence-corrected chi connectivity index (χ0v) is 28.1. The van der Waals surface area contributed by atoms with E-state index in [4.69, 9.17) is 48.0 Å². The minimum Gasteiger partial charge on any atom is -0.507 e. The van der Waals surface area contributed by atoms with E-state index in [2.05, 4.69) is 17.9 Å². The number of para-hydroxylation sites is 1. The van der Waals surface area contributed by atoms with Gasteiger partial charge >= 0.3 is 17.9 Å². The van der Waals surface area contributed by atoms with E-state index in [0.29, 0.717) is 39.9 Å². The van der Waals surface area contributed by atoms with E-state index in [0.717, 1.165) is 18.4 Å². The van der Waals surface area contributed by atoms with Gasteiger partial charge in [-0.3, -0.25) is 9.59 Å². The highest BCUT2D eigenvalue weighted by molar-refractivity contribution is 7.85. The zero-order valence-electron chi connectivity index (χ0n) is 25.7. The van der Waals surface area contributed by atoms with Crippen LogP contribution in [0, 0.1) is 11.8 Å². The van der Waals surface area contributed by atoms with E-state index in [-0.39, 0.29) is 27.9 Å². The molecule has 14 heteroatoms. The summed E-state index contributed by atoms with van der Waals surface area (Å²) in [6, 6.07) is 16.3. The van der Waals surface area contributed by atoms with Crippen molar-refractivity contribution in [3.8, 4) is 17.2 Å². The van der Waals surface area contributed by atoms with Crippen molar-refractivity contribution >= 4 is 70.9 Å². The second-order valence-electron chi connectivity index (χ2n) is 10.1. The number of hydrogen-bond acceptors (Lipinski definition) is 8. The van der Waals surface area contributed by atoms with Gasteiger partial charge in [0.05, 0.1) is 41.7 Å². The fourth-order valence-corrected chi connectivity index (χ4v) is 5.28. The maximum Gasteiger partial charge on any atom is 0.343 e. The topological polar surface area (TPSA) is 180 Å². The molecule has 5 N–H and O–H groups in total. The van der Waals surface area contributed by atoms with Crippen LogP contribution in [-0.2, 0) is 14.4 Å². The van der Waals surface area contributed by atoms with Gasteiger partial charge in [-0.05, 0) is 61.7 Å². The van der Waals surface area contributed by atoms with Gasteiger partial charge in [0.25, 0.3) is 0 Å². The summed E-state index contributed by atoms with van der Waals surface area (Å²) >= 11 is 15.7. The van der Waals surface area contributed by atoms with Crippen LogP contribution in [0.3, 0.4) is 0 Å². The lowest BCUT2D eigenvalue weighted by atomic mass is 9.78. The highest BCUT2D eigenvalue weighted by Gasteiger charge is 2.35. The molecule has 1 saturated carbocycles. The third kappa shape index (κ3) is 11.1. The Morgan fingerprint density at radius 2 is 1.45 bits per heavy atom. The third-order valence-electron chi connectivity index (χ3n) is 7.12. The van der Waals surface area contributed by atoms with Gasteiger partial charge < -0.3 is 35.2 Å². The van der Waals surface area contributed by atoms with Crippen LogP contribution in [0.2, 0.25) is 10.0 Å². The summed E-state index contributed by atoms with van der Waals surface area (Å²) in [7, 11) is 2.90. The van der Waals surface area contributed by atoms with Gasteiger partial charge in [0, 0.05) is 10.6 Å². The maximum absolute atomic E-state index is 12.3. The summed E-state index contributed by atoms with van der Waals surface area (Å²) < 4.78 is 9.88. The van der Waals surface area contributed by atoms with Gasteiger partial charge in [-0.1, -0.05) is 60.3 Å². The molecule has 0 aromatic heterocycles. The predicted molar refractivity (Wildman–Crippen MR) is 182 cm³/mol. The predicted octanol–water partition coefficient (Wildman–Crippen LogP) is 7.36. The highest BCUT2D eigenvalue weighted by atomic mass is 35.5. The first kappa shape index (κ1) is 38.8. The normalized spacial score (nSPS) is 15.7. The van der Waals surface area contributed by atoms with E-state index in [1.807, 2.05) is 12.1 Å². The van der Waals surface area contributed by atoms with Gasteiger partial charge in [0.15, 0.2) is 0 Å². The molecule has 0 heterocycles. The summed E-state index contributed by atoms with van der Waals surface area (Å²) in [5, 5.41) is 39.3. The number of carboxylic acids is 3. The molecule has 0 spiro atoms. The highest BCUT2D eigenvalue weighted by Crippen LogP contribution is 2.33. The van der Waals surface area contributed by atoms with E-state index >= 15 is 0 Å². The van der Waals surface area contributed by atoms with Crippen LogP contribution >= 0.6 is 35.8 Å². The number of rotatable bonds is 8. The number of ether oxygens (including phenoxy) is 2. The first-order chi connectivity index (χ1) is 22.2. The van der Waals surface area contributed by atoms with Crippen LogP contribution in [0.5, 0.6) is 17.2 Å². The quantitative estimate of drug-likeness (QED) is 0.102. The molecular weight excluding hydrogens is 673 g/mol. The molecule has 4 rings (SSSR count). The van der Waals surface area contributed by atoms with Crippen LogP contribution in [0.4, 0.5) is 5.69 Å². The van der Waals surface area contributed by atoms with Crippen molar-refractivity contribution < 1.29 is 49.1 Å². The van der Waals surface area contributed by atoms with Crippen LogP contribution in [-0.4, -0.2) is 58.5 Å². The number of aromatic hydroxyl groups is 1. The Morgan fingerprint density at radius 3 is 1.98 bits per heavy atom. The molecule has 2 atom stereocenters. The molecule has 0 unspecified atom stereocenters. The Labute approximate surface area is 287 Å². The third-order valence-corrected chi connectivity index (χ3v) is 8.19. The number of aliphatic carboxylic acids is 2. The number of hydrogen-bond donors (Lipinski definition) is 6. The molecule has 1 amide bonds. The van der Waals surface area contributed by atoms with E-state index < -0.39 is 29.7 Å². The fraction of sp³-hybridized carbons (Fsp3) is 0.273. The minimum absolute atomic E-state index is 0.0273. The second kappa shape index (κ2) is 18.7. The van der Waals surface area contributed by atoms with Gasteiger partial charge in [-0.2, -0.15) is 0 Å². The first-order valence-corrected chi connectivity index (χ1v) is 15.3. The maximum atomic E-state index is 12.3. The number of methoxy groups -OCH3 is 2. The number of anilines is 1. The lowest BCUT2D eigenvalue weighted by molar-refractivity contribution is -0.147. The van der Waals surface area contributed by atoms with Crippen molar-refractivity contribution in [2.45, 2.75) is 32.6 Å². The molecule has 11 nitrogen and oxygen atoms in total. The number of phenols is 1. The summed E-state index contributed by atoms with van der Waals surface area (Å²) in [6.07, 6.45) is 2.86. The number of carbonyl (C=O) groups excluding carboxylic acids is 1. The number of carbonyl (C=O) groups is 4. The molecule has 1 aliphatic rings. The summed E-state index contributed by atoms with van der Waals surface area (Å²) in [4.78, 5) is 44.8. The summed E-state index contributed by atoms with van der Waals surface area (Å²) in [6.45, 7) is 1.70. The largest absolute Gasteiger partial charge is 0.507 e. The van der Waals surface area contributed by atoms with Crippen LogP contribution in [0.15, 0.2) is 65.6 Å². The van der Waals surface area contributed by atoms with Crippen molar-refractivity contribution in [2.75, 3.05) is 19.5 Å². The smallest absolute Gasteiger partial charge is 0.343 e. The lowest BCUT2D eigenvalue weighted by Crippen LogP contribution is -2.36. The molecule has 1 aliphatic carbocycles. The molecule has 47 heavy (non-hydrogen) atoms. The van der Waals surface area contributed by atoms with Gasteiger partial charge in [0.2, 0.25) is 5.91 Å². The first-order valence-electron chi connectivity index (χ1n) is 14.1. The van der Waals surface area contributed by atoms with Crippen molar-refractivity contribution in [1.29, 1.82) is 0 Å². The van der Waals surface area contributed by atoms with E-state index in [1.54, 1.807) is 38.3 Å². The second-order valence-corrected chi connectivity index (χ2v) is 11.4. The summed E-state index contributed by atoms with van der Waals surface area (Å²) in [5.74, 6) is -4.06. The Kier molecular flexibility index (Phi) is 15.4. The van der Waals surface area contributed by atoms with E-state index in [9.17, 15) is 24.3 Å². The SMILES string of the molecule is COc1cccc(O)c1C(=O)O.COc1ccccc1/C(C)=C(\S)C(=O)O.O=C(O)[C@H]1CCCC[C@H]1C(=O)Nc1ccc(Cl)cc1Cl. The van der Waals surface area contributed by atoms with Gasteiger partial charge in [0.1, 0.15) is 22.8 Å². The fourth-order valence-electron chi connectivity index (χ4n) is 4.70. The Bertz CT molecular complexity index is 1630. The van der Waals surface area contributed by atoms with Gasteiger partial charge in [-0.15, -0.1) is 12.6 Å². The van der Waals surface area contributed by atoms with Gasteiger partial charge in [-0.25, -0.2) is 9.59 Å². The number of benzene rings is 3. The van der Waals surface area contributed by atoms with Crippen LogP contribution in [0.1, 0.15) is 48.5 Å². The molecule has 252 valence electrons. The molecule has 0 radical (unpaired) electrons. The zero-order chi connectivity index (χ0) is 35.3.